The molecule has 6 rings (SSSR count). The smallest absolute Gasteiger partial charge is 0.213 e. The van der Waals surface area contributed by atoms with E-state index in [1.807, 2.05) is 30.7 Å². The summed E-state index contributed by atoms with van der Waals surface area (Å²) in [6, 6.07) is 15.1. The molecule has 2 aliphatic heterocycles. The first-order valence-corrected chi connectivity index (χ1v) is 12.2. The lowest BCUT2D eigenvalue weighted by Gasteiger charge is -2.47. The molecule has 32 heavy (non-hydrogen) atoms. The van der Waals surface area contributed by atoms with Crippen molar-refractivity contribution in [2.24, 2.45) is 0 Å². The molecule has 166 valence electrons. The molecule has 3 aliphatic rings. The van der Waals surface area contributed by atoms with E-state index in [-0.39, 0.29) is 11.5 Å². The Kier molecular flexibility index (Phi) is 5.18. The van der Waals surface area contributed by atoms with E-state index in [0.29, 0.717) is 6.04 Å². The van der Waals surface area contributed by atoms with E-state index in [2.05, 4.69) is 43.8 Å². The molecule has 0 bridgehead atoms. The Labute approximate surface area is 189 Å². The van der Waals surface area contributed by atoms with Crippen molar-refractivity contribution in [3.05, 3.63) is 66.4 Å². The van der Waals surface area contributed by atoms with Gasteiger partial charge >= 0.3 is 0 Å². The van der Waals surface area contributed by atoms with Crippen molar-refractivity contribution in [3.63, 3.8) is 0 Å². The maximum atomic E-state index is 6.93. The second-order valence-electron chi connectivity index (χ2n) is 9.58. The predicted octanol–water partition coefficient (Wildman–Crippen LogP) is 4.55. The standard InChI is InChI=1S/C26H31N5O/c1-5-13-26(14-6-1,32-23-12-4-7-15-27-23)24-22(30-16-8-9-17-30)18-20-10-2-3-11-21(20)31-19-28-29-25(24)31/h2-4,7,10-12,15,19,22,24H,1,5-6,8-9,13-14,16-18H2/t22-,24+/m1/s1. The Hall–Kier alpha value is -2.73. The molecule has 1 saturated heterocycles. The summed E-state index contributed by atoms with van der Waals surface area (Å²) in [6.07, 6.45) is 13.0. The molecule has 2 aromatic heterocycles. The Balaban J connectivity index is 1.52. The molecular weight excluding hydrogens is 398 g/mol. The van der Waals surface area contributed by atoms with Crippen LogP contribution in [0.5, 0.6) is 5.88 Å². The highest BCUT2D eigenvalue weighted by molar-refractivity contribution is 5.45. The number of hydrogen-bond donors (Lipinski definition) is 0. The zero-order chi connectivity index (χ0) is 21.4. The number of likely N-dealkylation sites (tertiary alicyclic amines) is 1. The van der Waals surface area contributed by atoms with Crippen LogP contribution in [0.3, 0.4) is 0 Å². The Morgan fingerprint density at radius 1 is 0.906 bits per heavy atom. The quantitative estimate of drug-likeness (QED) is 0.609. The van der Waals surface area contributed by atoms with Crippen LogP contribution in [0.25, 0.3) is 5.69 Å². The second-order valence-corrected chi connectivity index (χ2v) is 9.58. The van der Waals surface area contributed by atoms with Gasteiger partial charge in [-0.15, -0.1) is 10.2 Å². The molecule has 4 heterocycles. The van der Waals surface area contributed by atoms with Crippen molar-refractivity contribution in [2.75, 3.05) is 13.1 Å². The number of fused-ring (bicyclic) bond motifs is 3. The first-order valence-electron chi connectivity index (χ1n) is 12.2. The molecule has 0 amide bonds. The molecule has 0 N–H and O–H groups in total. The van der Waals surface area contributed by atoms with Gasteiger partial charge in [-0.2, -0.15) is 0 Å². The number of aromatic nitrogens is 4. The van der Waals surface area contributed by atoms with E-state index >= 15 is 0 Å². The lowest BCUT2D eigenvalue weighted by molar-refractivity contribution is -0.0300. The van der Waals surface area contributed by atoms with Crippen molar-refractivity contribution in [2.45, 2.75) is 68.9 Å². The van der Waals surface area contributed by atoms with Crippen LogP contribution in [0.1, 0.15) is 62.3 Å². The van der Waals surface area contributed by atoms with Crippen molar-refractivity contribution >= 4 is 0 Å². The fraction of sp³-hybridized carbons (Fsp3) is 0.500. The fourth-order valence-electron chi connectivity index (χ4n) is 6.32. The summed E-state index contributed by atoms with van der Waals surface area (Å²) < 4.78 is 9.16. The average molecular weight is 430 g/mol. The Bertz CT molecular complexity index is 1050. The molecular formula is C26H31N5O. The summed E-state index contributed by atoms with van der Waals surface area (Å²) in [5.74, 6) is 1.91. The van der Waals surface area contributed by atoms with Gasteiger partial charge in [-0.05, 0) is 75.7 Å². The van der Waals surface area contributed by atoms with Gasteiger partial charge < -0.3 is 4.74 Å². The van der Waals surface area contributed by atoms with E-state index in [9.17, 15) is 0 Å². The molecule has 6 heteroatoms. The molecule has 0 spiro atoms. The summed E-state index contributed by atoms with van der Waals surface area (Å²) in [4.78, 5) is 7.26. The number of hydrogen-bond acceptors (Lipinski definition) is 5. The third-order valence-electron chi connectivity index (χ3n) is 7.74. The number of rotatable bonds is 4. The van der Waals surface area contributed by atoms with Crippen molar-refractivity contribution < 1.29 is 4.74 Å². The lowest BCUT2D eigenvalue weighted by Crippen LogP contribution is -2.54. The van der Waals surface area contributed by atoms with Gasteiger partial charge in [-0.25, -0.2) is 4.98 Å². The van der Waals surface area contributed by atoms with Gasteiger partial charge in [0.15, 0.2) is 0 Å². The largest absolute Gasteiger partial charge is 0.470 e. The summed E-state index contributed by atoms with van der Waals surface area (Å²) in [5, 5.41) is 9.18. The van der Waals surface area contributed by atoms with Gasteiger partial charge in [-0.3, -0.25) is 9.47 Å². The highest BCUT2D eigenvalue weighted by Crippen LogP contribution is 2.48. The predicted molar refractivity (Wildman–Crippen MR) is 123 cm³/mol. The third kappa shape index (κ3) is 3.41. The molecule has 6 nitrogen and oxygen atoms in total. The topological polar surface area (TPSA) is 56.1 Å². The zero-order valence-corrected chi connectivity index (χ0v) is 18.6. The highest BCUT2D eigenvalue weighted by atomic mass is 16.5. The van der Waals surface area contributed by atoms with Gasteiger partial charge in [0.05, 0.1) is 11.6 Å². The van der Waals surface area contributed by atoms with Gasteiger partial charge in [0.2, 0.25) is 5.88 Å². The van der Waals surface area contributed by atoms with Crippen LogP contribution >= 0.6 is 0 Å². The van der Waals surface area contributed by atoms with Crippen LogP contribution in [-0.4, -0.2) is 49.4 Å². The van der Waals surface area contributed by atoms with E-state index in [1.165, 1.54) is 43.4 Å². The number of para-hydroxylation sites is 1. The van der Waals surface area contributed by atoms with Gasteiger partial charge in [0.1, 0.15) is 17.8 Å². The maximum Gasteiger partial charge on any atom is 0.213 e. The van der Waals surface area contributed by atoms with Crippen molar-refractivity contribution in [1.82, 2.24) is 24.6 Å². The van der Waals surface area contributed by atoms with Crippen LogP contribution in [-0.2, 0) is 6.42 Å². The van der Waals surface area contributed by atoms with Crippen LogP contribution in [0, 0.1) is 0 Å². The minimum absolute atomic E-state index is 0.137. The van der Waals surface area contributed by atoms with E-state index in [4.69, 9.17) is 9.84 Å². The molecule has 1 saturated carbocycles. The van der Waals surface area contributed by atoms with Crippen molar-refractivity contribution in [1.29, 1.82) is 0 Å². The molecule has 1 aromatic carbocycles. The minimum atomic E-state index is -0.327. The van der Waals surface area contributed by atoms with Gasteiger partial charge in [0.25, 0.3) is 0 Å². The fourth-order valence-corrected chi connectivity index (χ4v) is 6.32. The molecule has 1 aliphatic carbocycles. The van der Waals surface area contributed by atoms with Crippen LogP contribution in [0.4, 0.5) is 0 Å². The SMILES string of the molecule is c1ccc(OC2([C@@H]3c4nncn4-c4ccccc4C[C@H]3N3CCCC3)CCCCC2)nc1. The number of benzene rings is 1. The lowest BCUT2D eigenvalue weighted by atomic mass is 9.70. The second kappa shape index (κ2) is 8.32. The summed E-state index contributed by atoms with van der Waals surface area (Å²) in [5.41, 5.74) is 2.26. The monoisotopic (exact) mass is 429 g/mol. The summed E-state index contributed by atoms with van der Waals surface area (Å²) in [6.45, 7) is 2.30. The average Bonchev–Trinajstić information content (AvgIpc) is 3.51. The molecule has 0 unspecified atom stereocenters. The van der Waals surface area contributed by atoms with Crippen LogP contribution in [0.15, 0.2) is 55.0 Å². The highest BCUT2D eigenvalue weighted by Gasteiger charge is 2.52. The van der Waals surface area contributed by atoms with E-state index in [0.717, 1.165) is 44.1 Å². The number of nitrogens with zero attached hydrogens (tertiary/aromatic N) is 5. The van der Waals surface area contributed by atoms with Gasteiger partial charge in [0, 0.05) is 18.3 Å². The Morgan fingerprint density at radius 2 is 1.72 bits per heavy atom. The normalized spacial score (nSPS) is 25.0. The number of pyridine rings is 1. The molecule has 3 aromatic rings. The summed E-state index contributed by atoms with van der Waals surface area (Å²) >= 11 is 0. The first kappa shape index (κ1) is 19.9. The van der Waals surface area contributed by atoms with Crippen LogP contribution < -0.4 is 4.74 Å². The van der Waals surface area contributed by atoms with E-state index in [1.54, 1.807) is 0 Å². The first-order chi connectivity index (χ1) is 15.8. The van der Waals surface area contributed by atoms with Gasteiger partial charge in [-0.1, -0.05) is 30.7 Å². The maximum absolute atomic E-state index is 6.93. The number of ether oxygens (including phenoxy) is 1. The molecule has 2 fully saturated rings. The zero-order valence-electron chi connectivity index (χ0n) is 18.6. The Morgan fingerprint density at radius 3 is 2.53 bits per heavy atom. The summed E-state index contributed by atoms with van der Waals surface area (Å²) in [7, 11) is 0. The van der Waals surface area contributed by atoms with E-state index < -0.39 is 0 Å². The minimum Gasteiger partial charge on any atom is -0.470 e. The van der Waals surface area contributed by atoms with Crippen LogP contribution in [0.2, 0.25) is 0 Å². The molecule has 0 radical (unpaired) electrons. The third-order valence-corrected chi connectivity index (χ3v) is 7.74. The molecule has 2 atom stereocenters. The van der Waals surface area contributed by atoms with Crippen molar-refractivity contribution in [3.8, 4) is 11.6 Å².